The molecule has 4 aromatic rings. The third-order valence-electron chi connectivity index (χ3n) is 6.34. The molecule has 0 aliphatic heterocycles. The van der Waals surface area contributed by atoms with Crippen molar-refractivity contribution >= 4 is 39.1 Å². The average molecular weight is 456 g/mol. The Bertz CT molecular complexity index is 1390. The number of anilines is 1. The Hall–Kier alpha value is -3.51. The van der Waals surface area contributed by atoms with Crippen LogP contribution < -0.4 is 11.1 Å². The van der Waals surface area contributed by atoms with E-state index in [0.29, 0.717) is 22.0 Å². The van der Waals surface area contributed by atoms with Crippen molar-refractivity contribution in [3.63, 3.8) is 0 Å². The number of hydrogen-bond donors (Lipinski definition) is 2. The topological polar surface area (TPSA) is 85.1 Å². The van der Waals surface area contributed by atoms with Crippen LogP contribution in [0.15, 0.2) is 54.6 Å². The molecule has 1 unspecified atom stereocenters. The number of nitrogens with zero attached hydrogens (tertiary/aromatic N) is 1. The Morgan fingerprint density at radius 3 is 2.67 bits per heavy atom. The summed E-state index contributed by atoms with van der Waals surface area (Å²) in [5, 5.41) is 4.35. The summed E-state index contributed by atoms with van der Waals surface area (Å²) < 4.78 is 0. The predicted molar refractivity (Wildman–Crippen MR) is 134 cm³/mol. The van der Waals surface area contributed by atoms with E-state index in [1.165, 1.54) is 11.3 Å². The number of aryl methyl sites for hydroxylation is 1. The Labute approximate surface area is 196 Å². The first-order valence-electron chi connectivity index (χ1n) is 11.1. The minimum Gasteiger partial charge on any atom is -0.365 e. The third kappa shape index (κ3) is 3.91. The molecule has 1 atom stereocenters. The molecule has 0 saturated carbocycles. The number of carbonyl (C=O) groups is 2. The number of fused-ring (bicyclic) bond motifs is 2. The van der Waals surface area contributed by atoms with Crippen molar-refractivity contribution in [3.8, 4) is 11.3 Å². The van der Waals surface area contributed by atoms with Crippen LogP contribution in [0.4, 0.5) is 5.00 Å². The number of aromatic nitrogens is 1. The van der Waals surface area contributed by atoms with E-state index in [2.05, 4.69) is 12.2 Å². The van der Waals surface area contributed by atoms with Crippen LogP contribution in [0, 0.1) is 12.8 Å². The highest BCUT2D eigenvalue weighted by atomic mass is 32.1. The summed E-state index contributed by atoms with van der Waals surface area (Å²) in [4.78, 5) is 31.9. The van der Waals surface area contributed by atoms with Crippen LogP contribution in [0.5, 0.6) is 0 Å². The molecule has 0 spiro atoms. The van der Waals surface area contributed by atoms with Crippen molar-refractivity contribution in [2.24, 2.45) is 11.7 Å². The number of nitrogens with one attached hydrogen (secondary N) is 1. The first-order valence-corrected chi connectivity index (χ1v) is 12.0. The lowest BCUT2D eigenvalue weighted by atomic mass is 9.88. The SMILES string of the molecule is Cc1cccc2c(C(=O)Nc3sc4c(c3C(N)=O)CCC(C)C4)cc(-c3ccccc3)nc12. The standard InChI is InChI=1S/C27H25N3O2S/c1-15-11-12-19-22(13-15)33-27(23(19)25(28)31)30-26(32)20-14-21(17-8-4-3-5-9-17)29-24-16(2)7-6-10-18(20)24/h3-10,14-15H,11-13H2,1-2H3,(H2,28,31)(H,30,32). The van der Waals surface area contributed by atoms with E-state index in [-0.39, 0.29) is 5.91 Å². The van der Waals surface area contributed by atoms with E-state index in [9.17, 15) is 9.59 Å². The summed E-state index contributed by atoms with van der Waals surface area (Å²) in [6, 6.07) is 17.5. The molecule has 0 bridgehead atoms. The highest BCUT2D eigenvalue weighted by molar-refractivity contribution is 7.17. The molecule has 5 nitrogen and oxygen atoms in total. The number of benzene rings is 2. The van der Waals surface area contributed by atoms with Gasteiger partial charge in [0.05, 0.1) is 22.3 Å². The van der Waals surface area contributed by atoms with Crippen LogP contribution >= 0.6 is 11.3 Å². The van der Waals surface area contributed by atoms with Crippen molar-refractivity contribution in [2.45, 2.75) is 33.1 Å². The van der Waals surface area contributed by atoms with Gasteiger partial charge in [-0.25, -0.2) is 4.98 Å². The summed E-state index contributed by atoms with van der Waals surface area (Å²) >= 11 is 1.48. The van der Waals surface area contributed by atoms with Crippen molar-refractivity contribution in [3.05, 3.63) is 81.7 Å². The van der Waals surface area contributed by atoms with Gasteiger partial charge in [0, 0.05) is 15.8 Å². The fourth-order valence-corrected chi connectivity index (χ4v) is 6.02. The van der Waals surface area contributed by atoms with Crippen LogP contribution in [0.3, 0.4) is 0 Å². The highest BCUT2D eigenvalue weighted by Gasteiger charge is 2.28. The highest BCUT2D eigenvalue weighted by Crippen LogP contribution is 2.40. The summed E-state index contributed by atoms with van der Waals surface area (Å²) in [7, 11) is 0. The third-order valence-corrected chi connectivity index (χ3v) is 7.51. The van der Waals surface area contributed by atoms with Crippen LogP contribution in [-0.4, -0.2) is 16.8 Å². The van der Waals surface area contributed by atoms with Gasteiger partial charge in [-0.05, 0) is 49.3 Å². The maximum atomic E-state index is 13.6. The zero-order chi connectivity index (χ0) is 23.1. The fourth-order valence-electron chi connectivity index (χ4n) is 4.61. The van der Waals surface area contributed by atoms with Gasteiger partial charge in [-0.3, -0.25) is 9.59 Å². The molecular weight excluding hydrogens is 430 g/mol. The normalized spacial score (nSPS) is 15.3. The molecule has 1 aliphatic rings. The molecule has 1 aliphatic carbocycles. The number of pyridine rings is 1. The number of carbonyl (C=O) groups excluding carboxylic acids is 2. The second kappa shape index (κ2) is 8.45. The Morgan fingerprint density at radius 2 is 1.91 bits per heavy atom. The zero-order valence-corrected chi connectivity index (χ0v) is 19.5. The number of primary amides is 1. The maximum absolute atomic E-state index is 13.6. The average Bonchev–Trinajstić information content (AvgIpc) is 3.16. The monoisotopic (exact) mass is 455 g/mol. The molecule has 166 valence electrons. The first kappa shape index (κ1) is 21.3. The largest absolute Gasteiger partial charge is 0.365 e. The van der Waals surface area contributed by atoms with Gasteiger partial charge in [-0.2, -0.15) is 0 Å². The number of thiophene rings is 1. The van der Waals surface area contributed by atoms with E-state index >= 15 is 0 Å². The van der Waals surface area contributed by atoms with Gasteiger partial charge in [0.15, 0.2) is 0 Å². The predicted octanol–water partition coefficient (Wildman–Crippen LogP) is 5.75. The summed E-state index contributed by atoms with van der Waals surface area (Å²) in [6.07, 6.45) is 2.74. The van der Waals surface area contributed by atoms with Gasteiger partial charge in [0.25, 0.3) is 11.8 Å². The molecule has 0 saturated heterocycles. The molecule has 2 aromatic carbocycles. The lowest BCUT2D eigenvalue weighted by Gasteiger charge is -2.18. The number of para-hydroxylation sites is 1. The van der Waals surface area contributed by atoms with Crippen molar-refractivity contribution in [1.82, 2.24) is 4.98 Å². The Kier molecular flexibility index (Phi) is 5.46. The van der Waals surface area contributed by atoms with Gasteiger partial charge in [0.2, 0.25) is 0 Å². The van der Waals surface area contributed by atoms with Crippen molar-refractivity contribution < 1.29 is 9.59 Å². The van der Waals surface area contributed by atoms with Gasteiger partial charge >= 0.3 is 0 Å². The minimum atomic E-state index is -0.488. The van der Waals surface area contributed by atoms with E-state index in [1.54, 1.807) is 0 Å². The molecule has 2 amide bonds. The van der Waals surface area contributed by atoms with Crippen molar-refractivity contribution in [2.75, 3.05) is 5.32 Å². The lowest BCUT2D eigenvalue weighted by molar-refractivity contribution is 0.1000. The second-order valence-electron chi connectivity index (χ2n) is 8.77. The summed E-state index contributed by atoms with van der Waals surface area (Å²) in [5.74, 6) is -0.196. The van der Waals surface area contributed by atoms with Gasteiger partial charge < -0.3 is 11.1 Å². The maximum Gasteiger partial charge on any atom is 0.257 e. The second-order valence-corrected chi connectivity index (χ2v) is 9.87. The lowest BCUT2D eigenvalue weighted by Crippen LogP contribution is -2.19. The van der Waals surface area contributed by atoms with E-state index < -0.39 is 5.91 Å². The van der Waals surface area contributed by atoms with E-state index in [0.717, 1.165) is 57.4 Å². The molecular formula is C27H25N3O2S. The number of nitrogens with two attached hydrogens (primary N) is 1. The number of amides is 2. The van der Waals surface area contributed by atoms with Crippen LogP contribution in [0.25, 0.3) is 22.2 Å². The molecule has 5 rings (SSSR count). The molecule has 2 heterocycles. The molecule has 0 radical (unpaired) electrons. The smallest absolute Gasteiger partial charge is 0.257 e. The molecule has 0 fully saturated rings. The first-order chi connectivity index (χ1) is 15.9. The fraction of sp³-hybridized carbons (Fsp3) is 0.222. The quantitative estimate of drug-likeness (QED) is 0.411. The molecule has 6 heteroatoms. The van der Waals surface area contributed by atoms with Crippen LogP contribution in [0.1, 0.15) is 50.1 Å². The minimum absolute atomic E-state index is 0.265. The molecule has 3 N–H and O–H groups in total. The molecule has 33 heavy (non-hydrogen) atoms. The van der Waals surface area contributed by atoms with E-state index in [1.807, 2.05) is 61.5 Å². The zero-order valence-electron chi connectivity index (χ0n) is 18.6. The number of rotatable bonds is 4. The summed E-state index contributed by atoms with van der Waals surface area (Å²) in [5.41, 5.74) is 11.2. The van der Waals surface area contributed by atoms with E-state index in [4.69, 9.17) is 10.7 Å². The Morgan fingerprint density at radius 1 is 1.12 bits per heavy atom. The van der Waals surface area contributed by atoms with Gasteiger partial charge in [-0.15, -0.1) is 11.3 Å². The van der Waals surface area contributed by atoms with Crippen LogP contribution in [-0.2, 0) is 12.8 Å². The number of hydrogen-bond acceptors (Lipinski definition) is 4. The van der Waals surface area contributed by atoms with Crippen molar-refractivity contribution in [1.29, 1.82) is 0 Å². The van der Waals surface area contributed by atoms with Gasteiger partial charge in [0.1, 0.15) is 5.00 Å². The van der Waals surface area contributed by atoms with Crippen LogP contribution in [0.2, 0.25) is 0 Å². The van der Waals surface area contributed by atoms with Gasteiger partial charge in [-0.1, -0.05) is 55.5 Å². The Balaban J connectivity index is 1.61. The molecule has 2 aromatic heterocycles. The summed E-state index contributed by atoms with van der Waals surface area (Å²) in [6.45, 7) is 4.20.